The Kier molecular flexibility index (Phi) is 6.58. The molecule has 156 valence electrons. The minimum absolute atomic E-state index is 0.171. The summed E-state index contributed by atoms with van der Waals surface area (Å²) >= 11 is 8.80. The number of pyridine rings is 1. The number of nitrogens with zero attached hydrogens (tertiary/aromatic N) is 2. The smallest absolute Gasteiger partial charge is 0.252 e. The largest absolute Gasteiger partial charge is 0.381 e. The number of ether oxygens (including phenoxy) is 1. The van der Waals surface area contributed by atoms with Crippen LogP contribution >= 0.6 is 34.7 Å². The van der Waals surface area contributed by atoms with Crippen LogP contribution in [0, 0.1) is 11.0 Å². The number of hydrogen-bond acceptors (Lipinski definition) is 6. The summed E-state index contributed by atoms with van der Waals surface area (Å²) in [7, 11) is 0. The van der Waals surface area contributed by atoms with Gasteiger partial charge in [0.15, 0.2) is 10.3 Å². The highest BCUT2D eigenvalue weighted by atomic mass is 35.5. The summed E-state index contributed by atoms with van der Waals surface area (Å²) in [5.41, 5.74) is -0.268. The molecule has 3 heterocycles. The minimum Gasteiger partial charge on any atom is -0.381 e. The lowest BCUT2D eigenvalue weighted by Gasteiger charge is -2.27. The predicted octanol–water partition coefficient (Wildman–Crippen LogP) is 4.35. The number of thiazole rings is 1. The number of halogens is 2. The summed E-state index contributed by atoms with van der Waals surface area (Å²) in [5, 5.41) is 3.31. The van der Waals surface area contributed by atoms with Crippen molar-refractivity contribution in [3.63, 3.8) is 0 Å². The molecule has 0 spiro atoms. The van der Waals surface area contributed by atoms with E-state index in [4.69, 9.17) is 16.3 Å². The monoisotopic (exact) mass is 457 g/mol. The molecule has 1 N–H and O–H groups in total. The average Bonchev–Trinajstić information content (AvgIpc) is 3.43. The Bertz CT molecular complexity index is 941. The van der Waals surface area contributed by atoms with Gasteiger partial charge in [0, 0.05) is 35.6 Å². The van der Waals surface area contributed by atoms with E-state index >= 15 is 0 Å². The van der Waals surface area contributed by atoms with E-state index in [0.717, 1.165) is 48.1 Å². The van der Waals surface area contributed by atoms with Crippen LogP contribution in [0.2, 0.25) is 5.02 Å². The lowest BCUT2D eigenvalue weighted by atomic mass is 9.92. The fourth-order valence-corrected chi connectivity index (χ4v) is 5.26. The number of thioether (sulfide) groups is 1. The van der Waals surface area contributed by atoms with Crippen LogP contribution in [0.15, 0.2) is 28.2 Å². The molecule has 1 aliphatic carbocycles. The van der Waals surface area contributed by atoms with E-state index in [1.807, 2.05) is 0 Å². The number of aromatic nitrogens is 2. The zero-order chi connectivity index (χ0) is 20.4. The molecule has 6 nitrogen and oxygen atoms in total. The number of anilines is 1. The van der Waals surface area contributed by atoms with Crippen molar-refractivity contribution in [1.29, 1.82) is 0 Å². The van der Waals surface area contributed by atoms with Crippen LogP contribution in [0.1, 0.15) is 38.1 Å². The highest BCUT2D eigenvalue weighted by Crippen LogP contribution is 2.41. The summed E-state index contributed by atoms with van der Waals surface area (Å²) in [5.74, 6) is -0.148. The number of carbonyl (C=O) groups excluding carboxylic acids is 1. The van der Waals surface area contributed by atoms with E-state index in [-0.39, 0.29) is 16.6 Å². The first-order valence-electron chi connectivity index (χ1n) is 9.58. The van der Waals surface area contributed by atoms with Gasteiger partial charge in [-0.25, -0.2) is 4.98 Å². The first-order chi connectivity index (χ1) is 14.0. The maximum atomic E-state index is 13.3. The van der Waals surface area contributed by atoms with Gasteiger partial charge < -0.3 is 14.6 Å². The number of amides is 1. The topological polar surface area (TPSA) is 73.2 Å². The molecular weight excluding hydrogens is 437 g/mol. The molecule has 0 unspecified atom stereocenters. The van der Waals surface area contributed by atoms with Gasteiger partial charge >= 0.3 is 0 Å². The molecule has 4 rings (SSSR count). The molecule has 1 amide bonds. The van der Waals surface area contributed by atoms with Crippen LogP contribution in [-0.2, 0) is 9.53 Å². The number of carbonyl (C=O) groups is 1. The Labute approximate surface area is 180 Å². The third-order valence-corrected chi connectivity index (χ3v) is 7.57. The van der Waals surface area contributed by atoms with Gasteiger partial charge in [0.2, 0.25) is 5.91 Å². The third kappa shape index (κ3) is 5.39. The summed E-state index contributed by atoms with van der Waals surface area (Å²) in [4.78, 5) is 30.5. The molecule has 2 fully saturated rings. The molecule has 29 heavy (non-hydrogen) atoms. The van der Waals surface area contributed by atoms with Crippen molar-refractivity contribution in [3.8, 4) is 0 Å². The van der Waals surface area contributed by atoms with E-state index in [0.29, 0.717) is 29.9 Å². The van der Waals surface area contributed by atoms with E-state index < -0.39 is 17.1 Å². The van der Waals surface area contributed by atoms with Gasteiger partial charge in [-0.05, 0) is 38.0 Å². The molecule has 1 saturated heterocycles. The molecule has 1 aliphatic heterocycles. The predicted molar refractivity (Wildman–Crippen MR) is 112 cm³/mol. The molecule has 2 aromatic heterocycles. The zero-order valence-electron chi connectivity index (χ0n) is 15.6. The standard InChI is InChI=1S/C19H21ClFN3O3S2/c20-13-10-24(17(25)8-15(13)28-12-1-2-12)14(7-11-3-5-27-6-4-11)18(26)23-19-22-9-16(21)29-19/h8-12,14H,1-7H2,(H,22,23,26)/t14-/m1/s1. The van der Waals surface area contributed by atoms with Gasteiger partial charge in [0.25, 0.3) is 5.56 Å². The van der Waals surface area contributed by atoms with E-state index in [1.165, 1.54) is 10.6 Å². The molecular formula is C19H21ClFN3O3S2. The van der Waals surface area contributed by atoms with Crippen molar-refractivity contribution in [2.45, 2.75) is 48.3 Å². The summed E-state index contributed by atoms with van der Waals surface area (Å²) in [6.07, 6.45) is 7.00. The highest BCUT2D eigenvalue weighted by Gasteiger charge is 2.29. The molecule has 1 atom stereocenters. The molecule has 0 bridgehead atoms. The highest BCUT2D eigenvalue weighted by molar-refractivity contribution is 8.00. The second-order valence-corrected chi connectivity index (χ2v) is 10.0. The van der Waals surface area contributed by atoms with E-state index in [2.05, 4.69) is 10.3 Å². The summed E-state index contributed by atoms with van der Waals surface area (Å²) in [6, 6.07) is 0.758. The second-order valence-electron chi connectivity index (χ2n) is 7.31. The number of hydrogen-bond donors (Lipinski definition) is 1. The van der Waals surface area contributed by atoms with Gasteiger partial charge in [-0.3, -0.25) is 9.59 Å². The van der Waals surface area contributed by atoms with Crippen LogP contribution in [0.5, 0.6) is 0 Å². The van der Waals surface area contributed by atoms with E-state index in [9.17, 15) is 14.0 Å². The van der Waals surface area contributed by atoms with Gasteiger partial charge in [0.1, 0.15) is 6.04 Å². The normalized spacial score (nSPS) is 18.6. The molecule has 2 aliphatic rings. The SMILES string of the molecule is O=C(Nc1ncc(F)s1)[C@@H](CC1CCOCC1)n1cc(Cl)c(SC2CC2)cc1=O. The van der Waals surface area contributed by atoms with Crippen molar-refractivity contribution in [1.82, 2.24) is 9.55 Å². The first kappa shape index (κ1) is 20.8. The Hall–Kier alpha value is -1.42. The summed E-state index contributed by atoms with van der Waals surface area (Å²) in [6.45, 7) is 1.28. The molecule has 1 saturated carbocycles. The average molecular weight is 458 g/mol. The second kappa shape index (κ2) is 9.16. The number of rotatable bonds is 7. The lowest BCUT2D eigenvalue weighted by molar-refractivity contribution is -0.120. The fraction of sp³-hybridized carbons (Fsp3) is 0.526. The van der Waals surface area contributed by atoms with Gasteiger partial charge in [-0.1, -0.05) is 22.9 Å². The quantitative estimate of drug-likeness (QED) is 0.669. The molecule has 10 heteroatoms. The van der Waals surface area contributed by atoms with Crippen LogP contribution < -0.4 is 10.9 Å². The minimum atomic E-state index is -0.755. The number of nitrogens with one attached hydrogen (secondary N) is 1. The maximum Gasteiger partial charge on any atom is 0.252 e. The Morgan fingerprint density at radius 3 is 2.83 bits per heavy atom. The van der Waals surface area contributed by atoms with Crippen molar-refractivity contribution in [2.75, 3.05) is 18.5 Å². The van der Waals surface area contributed by atoms with Crippen molar-refractivity contribution >= 4 is 45.7 Å². The van der Waals surface area contributed by atoms with Crippen LogP contribution in [-0.4, -0.2) is 33.9 Å². The van der Waals surface area contributed by atoms with Crippen LogP contribution in [0.3, 0.4) is 0 Å². The Balaban J connectivity index is 1.60. The zero-order valence-corrected chi connectivity index (χ0v) is 18.0. The molecule has 0 radical (unpaired) electrons. The molecule has 2 aromatic rings. The van der Waals surface area contributed by atoms with Gasteiger partial charge in [-0.15, -0.1) is 11.8 Å². The van der Waals surface area contributed by atoms with Gasteiger partial charge in [0.05, 0.1) is 11.2 Å². The fourth-order valence-electron chi connectivity index (χ4n) is 3.35. The Morgan fingerprint density at radius 2 is 2.17 bits per heavy atom. The van der Waals surface area contributed by atoms with Crippen molar-refractivity contribution in [3.05, 3.63) is 39.0 Å². The van der Waals surface area contributed by atoms with Crippen LogP contribution in [0.4, 0.5) is 9.52 Å². The van der Waals surface area contributed by atoms with Crippen molar-refractivity contribution in [2.24, 2.45) is 5.92 Å². The third-order valence-electron chi connectivity index (χ3n) is 5.06. The van der Waals surface area contributed by atoms with Crippen LogP contribution in [0.25, 0.3) is 0 Å². The summed E-state index contributed by atoms with van der Waals surface area (Å²) < 4.78 is 20.1. The maximum absolute atomic E-state index is 13.3. The Morgan fingerprint density at radius 1 is 1.41 bits per heavy atom. The van der Waals surface area contributed by atoms with Crippen molar-refractivity contribution < 1.29 is 13.9 Å². The lowest BCUT2D eigenvalue weighted by Crippen LogP contribution is -2.35. The van der Waals surface area contributed by atoms with Gasteiger partial charge in [-0.2, -0.15) is 4.39 Å². The molecule has 0 aromatic carbocycles. The first-order valence-corrected chi connectivity index (χ1v) is 11.7. The van der Waals surface area contributed by atoms with E-state index in [1.54, 1.807) is 18.0 Å².